The van der Waals surface area contributed by atoms with Crippen molar-refractivity contribution in [1.29, 1.82) is 0 Å². The van der Waals surface area contributed by atoms with E-state index in [9.17, 15) is 4.79 Å². The maximum Gasteiger partial charge on any atom is 0.249 e. The number of anilines is 1. The largest absolute Gasteiger partial charge is 0.307 e. The third kappa shape index (κ3) is 4.47. The molecule has 1 N–H and O–H groups in total. The van der Waals surface area contributed by atoms with E-state index in [2.05, 4.69) is 32.9 Å². The molecule has 2 rings (SSSR count). The molecule has 0 aliphatic carbocycles. The van der Waals surface area contributed by atoms with Crippen LogP contribution in [-0.2, 0) is 4.79 Å². The number of carbonyl (C=O) groups is 1. The summed E-state index contributed by atoms with van der Waals surface area (Å²) in [6.07, 6.45) is 4.70. The first-order valence-corrected chi connectivity index (χ1v) is 7.44. The molecule has 1 aromatic carbocycles. The first kappa shape index (κ1) is 15.3. The van der Waals surface area contributed by atoms with Gasteiger partial charge in [0.1, 0.15) is 5.82 Å². The summed E-state index contributed by atoms with van der Waals surface area (Å²) >= 11 is 14.0. The first-order valence-electron chi connectivity index (χ1n) is 5.60. The second-order valence-electron chi connectivity index (χ2n) is 3.85. The number of carbonyl (C=O) groups excluding carboxylic acids is 1. The highest BCUT2D eigenvalue weighted by molar-refractivity contribution is 14.1. The lowest BCUT2D eigenvalue weighted by Gasteiger charge is -2.01. The molecule has 0 unspecified atom stereocenters. The van der Waals surface area contributed by atoms with Gasteiger partial charge in [-0.25, -0.2) is 4.98 Å². The van der Waals surface area contributed by atoms with E-state index in [0.29, 0.717) is 15.9 Å². The van der Waals surface area contributed by atoms with Gasteiger partial charge in [0.2, 0.25) is 5.91 Å². The second-order valence-corrected chi connectivity index (χ2v) is 5.94. The molecule has 2 aromatic rings. The predicted molar refractivity (Wildman–Crippen MR) is 91.1 cm³/mol. The van der Waals surface area contributed by atoms with Crippen LogP contribution >= 0.6 is 45.8 Å². The van der Waals surface area contributed by atoms with Crippen LogP contribution in [0.1, 0.15) is 5.56 Å². The van der Waals surface area contributed by atoms with E-state index >= 15 is 0 Å². The van der Waals surface area contributed by atoms with E-state index in [-0.39, 0.29) is 5.91 Å². The number of hydrogen-bond acceptors (Lipinski definition) is 2. The number of nitrogens with zero attached hydrogens (tertiary/aromatic N) is 1. The number of amides is 1. The molecule has 102 valence electrons. The van der Waals surface area contributed by atoms with Gasteiger partial charge in [-0.3, -0.25) is 4.79 Å². The number of aromatic nitrogens is 1. The van der Waals surface area contributed by atoms with E-state index in [1.807, 2.05) is 6.07 Å². The molecule has 1 heterocycles. The summed E-state index contributed by atoms with van der Waals surface area (Å²) in [6, 6.07) is 8.69. The van der Waals surface area contributed by atoms with Crippen molar-refractivity contribution in [1.82, 2.24) is 4.98 Å². The minimum Gasteiger partial charge on any atom is -0.307 e. The molecule has 1 aromatic heterocycles. The Morgan fingerprint density at radius 1 is 1.25 bits per heavy atom. The molecule has 0 radical (unpaired) electrons. The molecule has 0 fully saturated rings. The van der Waals surface area contributed by atoms with Gasteiger partial charge in [-0.15, -0.1) is 0 Å². The molecule has 0 saturated heterocycles. The summed E-state index contributed by atoms with van der Waals surface area (Å²) in [5, 5.41) is 3.71. The number of nitrogens with one attached hydrogen (secondary N) is 1. The van der Waals surface area contributed by atoms with Gasteiger partial charge in [0.15, 0.2) is 0 Å². The Morgan fingerprint density at radius 3 is 2.70 bits per heavy atom. The van der Waals surface area contributed by atoms with Gasteiger partial charge in [0.25, 0.3) is 0 Å². The Balaban J connectivity index is 2.03. The smallest absolute Gasteiger partial charge is 0.249 e. The van der Waals surface area contributed by atoms with E-state index in [4.69, 9.17) is 23.2 Å². The molecule has 0 bridgehead atoms. The average Bonchev–Trinajstić information content (AvgIpc) is 2.40. The number of hydrogen-bond donors (Lipinski definition) is 1. The highest BCUT2D eigenvalue weighted by Crippen LogP contribution is 2.22. The minimum atomic E-state index is -0.273. The molecule has 3 nitrogen and oxygen atoms in total. The summed E-state index contributed by atoms with van der Waals surface area (Å²) in [4.78, 5) is 15.8. The minimum absolute atomic E-state index is 0.273. The van der Waals surface area contributed by atoms with Gasteiger partial charge < -0.3 is 5.32 Å². The zero-order valence-electron chi connectivity index (χ0n) is 10.1. The zero-order chi connectivity index (χ0) is 14.5. The van der Waals surface area contributed by atoms with Crippen LogP contribution in [0.15, 0.2) is 42.6 Å². The predicted octanol–water partition coefficient (Wildman–Crippen LogP) is 4.64. The third-order valence-corrected chi connectivity index (χ3v) is 3.56. The number of benzene rings is 1. The Kier molecular flexibility index (Phi) is 5.39. The Hall–Kier alpha value is -1.11. The van der Waals surface area contributed by atoms with Crippen LogP contribution in [0, 0.1) is 3.57 Å². The van der Waals surface area contributed by atoms with Crippen molar-refractivity contribution in [2.45, 2.75) is 0 Å². The van der Waals surface area contributed by atoms with Crippen molar-refractivity contribution in [3.8, 4) is 0 Å². The van der Waals surface area contributed by atoms with E-state index in [1.165, 1.54) is 6.08 Å². The van der Waals surface area contributed by atoms with Gasteiger partial charge in [0.05, 0.1) is 0 Å². The van der Waals surface area contributed by atoms with Gasteiger partial charge >= 0.3 is 0 Å². The summed E-state index contributed by atoms with van der Waals surface area (Å²) in [5.41, 5.74) is 0.724. The molecule has 1 amide bonds. The fraction of sp³-hybridized carbons (Fsp3) is 0. The van der Waals surface area contributed by atoms with Gasteiger partial charge in [-0.2, -0.15) is 0 Å². The molecule has 0 aliphatic heterocycles. The quantitative estimate of drug-likeness (QED) is 0.582. The fourth-order valence-electron chi connectivity index (χ4n) is 1.42. The van der Waals surface area contributed by atoms with E-state index in [1.54, 1.807) is 36.5 Å². The Bertz CT molecular complexity index is 657. The summed E-state index contributed by atoms with van der Waals surface area (Å²) in [5.74, 6) is 0.229. The van der Waals surface area contributed by atoms with E-state index < -0.39 is 0 Å². The lowest BCUT2D eigenvalue weighted by molar-refractivity contribution is -0.111. The summed E-state index contributed by atoms with van der Waals surface area (Å²) in [7, 11) is 0. The fourth-order valence-corrected chi connectivity index (χ4v) is 2.21. The molecular weight excluding hydrogens is 410 g/mol. The van der Waals surface area contributed by atoms with Crippen molar-refractivity contribution in [3.63, 3.8) is 0 Å². The summed E-state index contributed by atoms with van der Waals surface area (Å²) in [6.45, 7) is 0. The number of rotatable bonds is 3. The van der Waals surface area contributed by atoms with Crippen LogP contribution in [-0.4, -0.2) is 10.9 Å². The molecule has 6 heteroatoms. The number of halogens is 3. The molecule has 0 saturated carbocycles. The monoisotopic (exact) mass is 418 g/mol. The van der Waals surface area contributed by atoms with Crippen molar-refractivity contribution < 1.29 is 4.79 Å². The van der Waals surface area contributed by atoms with Crippen LogP contribution in [0.25, 0.3) is 6.08 Å². The number of pyridine rings is 1. The van der Waals surface area contributed by atoms with Crippen LogP contribution in [0.5, 0.6) is 0 Å². The van der Waals surface area contributed by atoms with Crippen LogP contribution in [0.3, 0.4) is 0 Å². The molecule has 0 spiro atoms. The van der Waals surface area contributed by atoms with Gasteiger partial charge in [-0.05, 0) is 58.5 Å². The normalized spacial score (nSPS) is 10.8. The Labute approximate surface area is 140 Å². The van der Waals surface area contributed by atoms with Crippen LogP contribution in [0.2, 0.25) is 10.0 Å². The standard InChI is InChI=1S/C14H9Cl2IN2O/c15-10-3-1-9(12(16)7-10)2-6-14(20)19-13-5-4-11(17)8-18-13/h1-8H,(H,18,19,20). The van der Waals surface area contributed by atoms with Crippen molar-refractivity contribution >= 4 is 63.6 Å². The maximum absolute atomic E-state index is 11.7. The molecule has 0 atom stereocenters. The van der Waals surface area contributed by atoms with Crippen molar-refractivity contribution in [2.75, 3.05) is 5.32 Å². The SMILES string of the molecule is O=C(C=Cc1ccc(Cl)cc1Cl)Nc1ccc(I)cn1. The Morgan fingerprint density at radius 2 is 2.05 bits per heavy atom. The van der Waals surface area contributed by atoms with Crippen LogP contribution < -0.4 is 5.32 Å². The highest BCUT2D eigenvalue weighted by Gasteiger charge is 2.01. The summed E-state index contributed by atoms with van der Waals surface area (Å²) < 4.78 is 1.00. The second kappa shape index (κ2) is 7.06. The van der Waals surface area contributed by atoms with Crippen molar-refractivity contribution in [2.24, 2.45) is 0 Å². The van der Waals surface area contributed by atoms with Gasteiger partial charge in [-0.1, -0.05) is 29.3 Å². The average molecular weight is 419 g/mol. The maximum atomic E-state index is 11.7. The van der Waals surface area contributed by atoms with Gasteiger partial charge in [0, 0.05) is 25.9 Å². The molecule has 0 aliphatic rings. The zero-order valence-corrected chi connectivity index (χ0v) is 13.8. The van der Waals surface area contributed by atoms with E-state index in [0.717, 1.165) is 9.13 Å². The lowest BCUT2D eigenvalue weighted by Crippen LogP contribution is -2.08. The highest BCUT2D eigenvalue weighted by atomic mass is 127. The van der Waals surface area contributed by atoms with Crippen LogP contribution in [0.4, 0.5) is 5.82 Å². The third-order valence-electron chi connectivity index (χ3n) is 2.36. The molecular formula is C14H9Cl2IN2O. The first-order chi connectivity index (χ1) is 9.54. The molecule has 20 heavy (non-hydrogen) atoms. The van der Waals surface area contributed by atoms with Crippen molar-refractivity contribution in [3.05, 3.63) is 61.8 Å². The lowest BCUT2D eigenvalue weighted by atomic mass is 10.2. The topological polar surface area (TPSA) is 42.0 Å².